The summed E-state index contributed by atoms with van der Waals surface area (Å²) in [5, 5.41) is 0.672. The molecule has 0 N–H and O–H groups in total. The Morgan fingerprint density at radius 1 is 1.53 bits per heavy atom. The summed E-state index contributed by atoms with van der Waals surface area (Å²) in [5.41, 5.74) is 0.976. The minimum Gasteiger partial charge on any atom is -0.483 e. The van der Waals surface area contributed by atoms with Crippen molar-refractivity contribution >= 4 is 17.5 Å². The summed E-state index contributed by atoms with van der Waals surface area (Å²) >= 11 is 5.97. The fourth-order valence-corrected chi connectivity index (χ4v) is 2.12. The van der Waals surface area contributed by atoms with Gasteiger partial charge in [0.2, 0.25) is 0 Å². The second-order valence-electron chi connectivity index (χ2n) is 4.32. The van der Waals surface area contributed by atoms with Crippen LogP contribution in [0, 0.1) is 0 Å². The molecule has 3 nitrogen and oxygen atoms in total. The third-order valence-electron chi connectivity index (χ3n) is 3.16. The molecule has 0 bridgehead atoms. The maximum atomic E-state index is 11.9. The molecule has 1 aliphatic rings. The van der Waals surface area contributed by atoms with Crippen molar-refractivity contribution in [2.24, 2.45) is 0 Å². The molecule has 92 valence electrons. The maximum absolute atomic E-state index is 11.9. The Bertz CT molecular complexity index is 433. The predicted octanol–water partition coefficient (Wildman–Crippen LogP) is 2.86. The van der Waals surface area contributed by atoms with E-state index in [1.165, 1.54) is 0 Å². The first-order chi connectivity index (χ1) is 8.11. The van der Waals surface area contributed by atoms with Crippen LogP contribution in [0.25, 0.3) is 0 Å². The number of halogens is 1. The van der Waals surface area contributed by atoms with Gasteiger partial charge in [-0.1, -0.05) is 18.5 Å². The van der Waals surface area contributed by atoms with Crippen LogP contribution in [0.3, 0.4) is 0 Å². The van der Waals surface area contributed by atoms with Crippen LogP contribution in [0.1, 0.15) is 25.8 Å². The normalized spacial score (nSPS) is 17.1. The zero-order chi connectivity index (χ0) is 12.4. The SMILES string of the molecule is CCC(C)N1Cc2cc(Cl)ccc2OCC1=O. The van der Waals surface area contributed by atoms with Gasteiger partial charge in [0.05, 0.1) is 0 Å². The highest BCUT2D eigenvalue weighted by atomic mass is 35.5. The van der Waals surface area contributed by atoms with E-state index in [1.54, 1.807) is 6.07 Å². The van der Waals surface area contributed by atoms with Gasteiger partial charge in [-0.3, -0.25) is 4.79 Å². The maximum Gasteiger partial charge on any atom is 0.261 e. The number of hydrogen-bond acceptors (Lipinski definition) is 2. The molecule has 4 heteroatoms. The minimum absolute atomic E-state index is 0.0340. The number of benzene rings is 1. The molecule has 2 rings (SSSR count). The lowest BCUT2D eigenvalue weighted by atomic mass is 10.1. The van der Waals surface area contributed by atoms with Crippen LogP contribution in [-0.4, -0.2) is 23.5 Å². The number of ether oxygens (including phenoxy) is 1. The van der Waals surface area contributed by atoms with E-state index >= 15 is 0 Å². The van der Waals surface area contributed by atoms with Crippen LogP contribution in [0.2, 0.25) is 5.02 Å². The van der Waals surface area contributed by atoms with E-state index in [0.29, 0.717) is 11.6 Å². The van der Waals surface area contributed by atoms with Gasteiger partial charge in [-0.2, -0.15) is 0 Å². The molecule has 17 heavy (non-hydrogen) atoms. The van der Waals surface area contributed by atoms with Crippen LogP contribution < -0.4 is 4.74 Å². The van der Waals surface area contributed by atoms with Gasteiger partial charge in [-0.25, -0.2) is 0 Å². The Hall–Kier alpha value is -1.22. The highest BCUT2D eigenvalue weighted by Gasteiger charge is 2.24. The summed E-state index contributed by atoms with van der Waals surface area (Å²) in [6, 6.07) is 5.69. The molecule has 1 aromatic carbocycles. The average molecular weight is 254 g/mol. The van der Waals surface area contributed by atoms with Crippen molar-refractivity contribution in [3.05, 3.63) is 28.8 Å². The monoisotopic (exact) mass is 253 g/mol. The first-order valence-electron chi connectivity index (χ1n) is 5.82. The molecule has 0 saturated carbocycles. The second kappa shape index (κ2) is 4.96. The minimum atomic E-state index is 0.0340. The van der Waals surface area contributed by atoms with Crippen molar-refractivity contribution in [2.75, 3.05) is 6.61 Å². The standard InChI is InChI=1S/C13H16ClNO2/c1-3-9(2)15-7-10-6-11(14)4-5-12(10)17-8-13(15)16/h4-6,9H,3,7-8H2,1-2H3. The summed E-state index contributed by atoms with van der Waals surface area (Å²) in [5.74, 6) is 0.792. The third-order valence-corrected chi connectivity index (χ3v) is 3.39. The van der Waals surface area contributed by atoms with Crippen molar-refractivity contribution < 1.29 is 9.53 Å². The number of rotatable bonds is 2. The van der Waals surface area contributed by atoms with Gasteiger partial charge >= 0.3 is 0 Å². The van der Waals surface area contributed by atoms with E-state index in [1.807, 2.05) is 24.0 Å². The fraction of sp³-hybridized carbons (Fsp3) is 0.462. The molecular formula is C13H16ClNO2. The molecule has 0 aliphatic carbocycles. The molecule has 1 unspecified atom stereocenters. The highest BCUT2D eigenvalue weighted by molar-refractivity contribution is 6.30. The highest BCUT2D eigenvalue weighted by Crippen LogP contribution is 2.27. The molecule has 1 aliphatic heterocycles. The average Bonchev–Trinajstić information content (AvgIpc) is 2.48. The fourth-order valence-electron chi connectivity index (χ4n) is 1.93. The molecular weight excluding hydrogens is 238 g/mol. The first kappa shape index (κ1) is 12.2. The van der Waals surface area contributed by atoms with Crippen molar-refractivity contribution in [2.45, 2.75) is 32.9 Å². The van der Waals surface area contributed by atoms with E-state index in [4.69, 9.17) is 16.3 Å². The van der Waals surface area contributed by atoms with E-state index in [-0.39, 0.29) is 18.6 Å². The van der Waals surface area contributed by atoms with Gasteiger partial charge in [0.15, 0.2) is 6.61 Å². The van der Waals surface area contributed by atoms with Crippen molar-refractivity contribution in [3.63, 3.8) is 0 Å². The lowest BCUT2D eigenvalue weighted by Crippen LogP contribution is -2.39. The third kappa shape index (κ3) is 2.55. The van der Waals surface area contributed by atoms with Crippen LogP contribution >= 0.6 is 11.6 Å². The zero-order valence-electron chi connectivity index (χ0n) is 10.1. The van der Waals surface area contributed by atoms with E-state index in [2.05, 4.69) is 6.92 Å². The summed E-state index contributed by atoms with van der Waals surface area (Å²) in [6.07, 6.45) is 0.932. The van der Waals surface area contributed by atoms with Crippen LogP contribution in [0.5, 0.6) is 5.75 Å². The summed E-state index contributed by atoms with van der Waals surface area (Å²) in [6.45, 7) is 4.80. The molecule has 1 heterocycles. The predicted molar refractivity (Wildman–Crippen MR) is 67.3 cm³/mol. The topological polar surface area (TPSA) is 29.5 Å². The molecule has 1 atom stereocenters. The summed E-state index contributed by atoms with van der Waals surface area (Å²) < 4.78 is 5.49. The Morgan fingerprint density at radius 2 is 2.29 bits per heavy atom. The molecule has 1 aromatic rings. The van der Waals surface area contributed by atoms with Crippen LogP contribution in [0.15, 0.2) is 18.2 Å². The largest absolute Gasteiger partial charge is 0.483 e. The Morgan fingerprint density at radius 3 is 3.00 bits per heavy atom. The van der Waals surface area contributed by atoms with Gasteiger partial charge < -0.3 is 9.64 Å². The smallest absolute Gasteiger partial charge is 0.261 e. The number of nitrogens with zero attached hydrogens (tertiary/aromatic N) is 1. The van der Waals surface area contributed by atoms with Gasteiger partial charge in [0.25, 0.3) is 5.91 Å². The number of hydrogen-bond donors (Lipinski definition) is 0. The van der Waals surface area contributed by atoms with Crippen molar-refractivity contribution in [1.82, 2.24) is 4.90 Å². The number of carbonyl (C=O) groups is 1. The summed E-state index contributed by atoms with van der Waals surface area (Å²) in [4.78, 5) is 13.8. The number of amides is 1. The molecule has 0 spiro atoms. The van der Waals surface area contributed by atoms with Crippen LogP contribution in [0.4, 0.5) is 0 Å². The lowest BCUT2D eigenvalue weighted by Gasteiger charge is -2.26. The van der Waals surface area contributed by atoms with Crippen LogP contribution in [-0.2, 0) is 11.3 Å². The molecule has 0 aromatic heterocycles. The second-order valence-corrected chi connectivity index (χ2v) is 4.76. The first-order valence-corrected chi connectivity index (χ1v) is 6.20. The molecule has 0 fully saturated rings. The Labute approximate surface area is 106 Å². The molecule has 0 radical (unpaired) electrons. The molecule has 1 amide bonds. The zero-order valence-corrected chi connectivity index (χ0v) is 10.8. The Kier molecular flexibility index (Phi) is 3.57. The number of carbonyl (C=O) groups excluding carboxylic acids is 1. The van der Waals surface area contributed by atoms with E-state index < -0.39 is 0 Å². The van der Waals surface area contributed by atoms with E-state index in [9.17, 15) is 4.79 Å². The van der Waals surface area contributed by atoms with Gasteiger partial charge in [0, 0.05) is 23.2 Å². The van der Waals surface area contributed by atoms with Gasteiger partial charge in [-0.05, 0) is 31.5 Å². The van der Waals surface area contributed by atoms with Crippen molar-refractivity contribution in [3.8, 4) is 5.75 Å². The summed E-state index contributed by atoms with van der Waals surface area (Å²) in [7, 11) is 0. The van der Waals surface area contributed by atoms with Gasteiger partial charge in [-0.15, -0.1) is 0 Å². The number of fused-ring (bicyclic) bond motifs is 1. The Balaban J connectivity index is 2.31. The quantitative estimate of drug-likeness (QED) is 0.811. The van der Waals surface area contributed by atoms with E-state index in [0.717, 1.165) is 17.7 Å². The van der Waals surface area contributed by atoms with Gasteiger partial charge in [0.1, 0.15) is 5.75 Å². The van der Waals surface area contributed by atoms with Crippen molar-refractivity contribution in [1.29, 1.82) is 0 Å². The lowest BCUT2D eigenvalue weighted by molar-refractivity contribution is -0.135. The molecule has 0 saturated heterocycles.